The summed E-state index contributed by atoms with van der Waals surface area (Å²) in [6.07, 6.45) is 8.92. The fourth-order valence-electron chi connectivity index (χ4n) is 2.07. The second-order valence-corrected chi connectivity index (χ2v) is 3.41. The molecule has 2 fully saturated rings. The predicted octanol–water partition coefficient (Wildman–Crippen LogP) is 2.27. The molecule has 2 aliphatic rings. The van der Waals surface area contributed by atoms with Gasteiger partial charge in [0.25, 0.3) is 0 Å². The van der Waals surface area contributed by atoms with Gasteiger partial charge in [-0.2, -0.15) is 0 Å². The van der Waals surface area contributed by atoms with Crippen molar-refractivity contribution in [1.82, 2.24) is 0 Å². The zero-order chi connectivity index (χ0) is 7.03. The average molecular weight is 138 g/mol. The van der Waals surface area contributed by atoms with Crippen LogP contribution in [0.4, 0.5) is 0 Å². The predicted molar refractivity (Wildman–Crippen MR) is 40.9 cm³/mol. The smallest absolute Gasteiger partial charge is 0.0982 e. The van der Waals surface area contributed by atoms with E-state index >= 15 is 0 Å². The van der Waals surface area contributed by atoms with Crippen molar-refractivity contribution in [2.24, 2.45) is 0 Å². The minimum atomic E-state index is 0.278. The summed E-state index contributed by atoms with van der Waals surface area (Å²) in [7, 11) is 0. The van der Waals surface area contributed by atoms with Crippen molar-refractivity contribution in [3.8, 4) is 0 Å². The van der Waals surface area contributed by atoms with E-state index in [4.69, 9.17) is 4.74 Å². The molecule has 0 radical (unpaired) electrons. The molecule has 56 valence electrons. The molecule has 2 atom stereocenters. The summed E-state index contributed by atoms with van der Waals surface area (Å²) in [6, 6.07) is 0. The molecule has 2 rings (SSSR count). The Bertz CT molecular complexity index is 153. The van der Waals surface area contributed by atoms with Gasteiger partial charge < -0.3 is 4.74 Å². The molecule has 1 heteroatoms. The molecule has 0 amide bonds. The summed E-state index contributed by atoms with van der Waals surface area (Å²) in [6.45, 7) is 3.75. The van der Waals surface area contributed by atoms with Gasteiger partial charge in [0.05, 0.1) is 11.7 Å². The van der Waals surface area contributed by atoms with E-state index in [2.05, 4.69) is 6.58 Å². The first-order valence-corrected chi connectivity index (χ1v) is 4.16. The summed E-state index contributed by atoms with van der Waals surface area (Å²) >= 11 is 0. The molecule has 1 nitrogen and oxygen atoms in total. The van der Waals surface area contributed by atoms with Crippen LogP contribution >= 0.6 is 0 Å². The molecule has 1 aliphatic carbocycles. The molecule has 0 N–H and O–H groups in total. The maximum Gasteiger partial charge on any atom is 0.0982 e. The molecule has 0 aromatic rings. The van der Waals surface area contributed by atoms with E-state index in [1.165, 1.54) is 25.7 Å². The Labute approximate surface area is 62.1 Å². The molecular weight excluding hydrogens is 124 g/mol. The molecule has 10 heavy (non-hydrogen) atoms. The zero-order valence-electron chi connectivity index (χ0n) is 6.31. The van der Waals surface area contributed by atoms with Crippen molar-refractivity contribution in [1.29, 1.82) is 0 Å². The highest BCUT2D eigenvalue weighted by molar-refractivity contribution is 5.07. The number of epoxide rings is 1. The highest BCUT2D eigenvalue weighted by Gasteiger charge is 2.55. The van der Waals surface area contributed by atoms with Gasteiger partial charge in [-0.05, 0) is 19.3 Å². The first-order chi connectivity index (χ1) is 4.87. The van der Waals surface area contributed by atoms with Crippen molar-refractivity contribution in [2.45, 2.75) is 43.8 Å². The molecule has 1 aliphatic heterocycles. The number of fused-ring (bicyclic) bond motifs is 1. The van der Waals surface area contributed by atoms with Crippen molar-refractivity contribution in [2.75, 3.05) is 0 Å². The van der Waals surface area contributed by atoms with Crippen LogP contribution in [0.1, 0.15) is 32.1 Å². The minimum Gasteiger partial charge on any atom is -0.366 e. The fraction of sp³-hybridized carbons (Fsp3) is 0.778. The number of rotatable bonds is 2. The molecule has 0 spiro atoms. The van der Waals surface area contributed by atoms with E-state index in [-0.39, 0.29) is 5.60 Å². The van der Waals surface area contributed by atoms with Crippen LogP contribution in [0.3, 0.4) is 0 Å². The third-order valence-electron chi connectivity index (χ3n) is 2.71. The van der Waals surface area contributed by atoms with Crippen molar-refractivity contribution in [3.63, 3.8) is 0 Å². The van der Waals surface area contributed by atoms with Gasteiger partial charge in [-0.25, -0.2) is 0 Å². The molecule has 1 saturated carbocycles. The molecule has 0 bridgehead atoms. The summed E-state index contributed by atoms with van der Waals surface area (Å²) in [5.41, 5.74) is 0.278. The summed E-state index contributed by atoms with van der Waals surface area (Å²) in [5.74, 6) is 0. The largest absolute Gasteiger partial charge is 0.366 e. The Morgan fingerprint density at radius 2 is 2.50 bits per heavy atom. The lowest BCUT2D eigenvalue weighted by atomic mass is 9.87. The highest BCUT2D eigenvalue weighted by atomic mass is 16.6. The number of ether oxygens (including phenoxy) is 1. The maximum absolute atomic E-state index is 5.63. The van der Waals surface area contributed by atoms with Gasteiger partial charge in [0.2, 0.25) is 0 Å². The number of hydrogen-bond donors (Lipinski definition) is 0. The molecule has 0 aromatic heterocycles. The van der Waals surface area contributed by atoms with Crippen LogP contribution in [0.5, 0.6) is 0 Å². The SMILES string of the molecule is C=CCC12CCCCC1O2. The van der Waals surface area contributed by atoms with Crippen LogP contribution in [-0.4, -0.2) is 11.7 Å². The Morgan fingerprint density at radius 1 is 1.60 bits per heavy atom. The first kappa shape index (κ1) is 6.41. The lowest BCUT2D eigenvalue weighted by Gasteiger charge is -2.14. The first-order valence-electron chi connectivity index (χ1n) is 4.16. The summed E-state index contributed by atoms with van der Waals surface area (Å²) < 4.78 is 5.63. The second-order valence-electron chi connectivity index (χ2n) is 3.41. The van der Waals surface area contributed by atoms with E-state index in [0.717, 1.165) is 6.42 Å². The molecule has 1 saturated heterocycles. The quantitative estimate of drug-likeness (QED) is 0.421. The van der Waals surface area contributed by atoms with Crippen LogP contribution in [0.15, 0.2) is 12.7 Å². The normalized spacial score (nSPS) is 44.2. The van der Waals surface area contributed by atoms with Crippen LogP contribution < -0.4 is 0 Å². The van der Waals surface area contributed by atoms with Gasteiger partial charge >= 0.3 is 0 Å². The molecule has 0 aromatic carbocycles. The fourth-order valence-corrected chi connectivity index (χ4v) is 2.07. The third-order valence-corrected chi connectivity index (χ3v) is 2.71. The lowest BCUT2D eigenvalue weighted by Crippen LogP contribution is -2.17. The Balaban J connectivity index is 1.98. The summed E-state index contributed by atoms with van der Waals surface area (Å²) in [5, 5.41) is 0. The van der Waals surface area contributed by atoms with Crippen molar-refractivity contribution < 1.29 is 4.74 Å². The maximum atomic E-state index is 5.63. The third kappa shape index (κ3) is 0.807. The average Bonchev–Trinajstić information content (AvgIpc) is 2.62. The topological polar surface area (TPSA) is 12.5 Å². The van der Waals surface area contributed by atoms with E-state index in [1.807, 2.05) is 6.08 Å². The van der Waals surface area contributed by atoms with Gasteiger partial charge in [-0.15, -0.1) is 6.58 Å². The number of hydrogen-bond acceptors (Lipinski definition) is 1. The van der Waals surface area contributed by atoms with E-state index in [0.29, 0.717) is 6.10 Å². The van der Waals surface area contributed by atoms with Crippen molar-refractivity contribution >= 4 is 0 Å². The Hall–Kier alpha value is -0.300. The second kappa shape index (κ2) is 2.09. The van der Waals surface area contributed by atoms with Gasteiger partial charge in [0, 0.05) is 0 Å². The standard InChI is InChI=1S/C9H14O/c1-2-6-9-7-4-3-5-8(9)10-9/h2,8H,1,3-7H2. The van der Waals surface area contributed by atoms with Gasteiger partial charge in [-0.1, -0.05) is 18.9 Å². The monoisotopic (exact) mass is 138 g/mol. The van der Waals surface area contributed by atoms with Crippen LogP contribution in [0, 0.1) is 0 Å². The van der Waals surface area contributed by atoms with E-state index in [9.17, 15) is 0 Å². The van der Waals surface area contributed by atoms with Crippen LogP contribution in [0.2, 0.25) is 0 Å². The van der Waals surface area contributed by atoms with Gasteiger partial charge in [0.15, 0.2) is 0 Å². The van der Waals surface area contributed by atoms with E-state index in [1.54, 1.807) is 0 Å². The molecule has 2 unspecified atom stereocenters. The highest BCUT2D eigenvalue weighted by Crippen LogP contribution is 2.50. The Morgan fingerprint density at radius 3 is 3.20 bits per heavy atom. The Kier molecular flexibility index (Phi) is 1.34. The van der Waals surface area contributed by atoms with Gasteiger partial charge in [0.1, 0.15) is 0 Å². The van der Waals surface area contributed by atoms with Gasteiger partial charge in [-0.3, -0.25) is 0 Å². The van der Waals surface area contributed by atoms with Crippen molar-refractivity contribution in [3.05, 3.63) is 12.7 Å². The van der Waals surface area contributed by atoms with E-state index < -0.39 is 0 Å². The van der Waals surface area contributed by atoms with Crippen LogP contribution in [0.25, 0.3) is 0 Å². The molecular formula is C9H14O. The molecule has 1 heterocycles. The summed E-state index contributed by atoms with van der Waals surface area (Å²) in [4.78, 5) is 0. The van der Waals surface area contributed by atoms with Crippen LogP contribution in [-0.2, 0) is 4.74 Å². The lowest BCUT2D eigenvalue weighted by molar-refractivity contribution is 0.287. The minimum absolute atomic E-state index is 0.278. The zero-order valence-corrected chi connectivity index (χ0v) is 6.31.